The minimum Gasteiger partial charge on any atom is -0.331 e. The van der Waals surface area contributed by atoms with E-state index in [2.05, 4.69) is 26.6 Å². The topological polar surface area (TPSA) is 41.1 Å². The molecule has 0 saturated heterocycles. The van der Waals surface area contributed by atoms with E-state index in [9.17, 15) is 4.79 Å². The molecule has 0 fully saturated rings. The van der Waals surface area contributed by atoms with Crippen molar-refractivity contribution in [1.29, 1.82) is 0 Å². The zero-order valence-electron chi connectivity index (χ0n) is 7.10. The van der Waals surface area contributed by atoms with Gasteiger partial charge in [-0.25, -0.2) is 4.79 Å². The van der Waals surface area contributed by atoms with Crippen molar-refractivity contribution in [2.45, 2.75) is 13.0 Å². The number of benzene rings is 1. The van der Waals surface area contributed by atoms with Gasteiger partial charge in [0.25, 0.3) is 0 Å². The SMILES string of the molecule is CC1NC(=O)Nc2cc(Br)ccc21. The molecule has 0 aliphatic carbocycles. The van der Waals surface area contributed by atoms with Crippen LogP contribution in [-0.4, -0.2) is 6.03 Å². The van der Waals surface area contributed by atoms with Crippen LogP contribution in [0, 0.1) is 0 Å². The van der Waals surface area contributed by atoms with Gasteiger partial charge >= 0.3 is 6.03 Å². The lowest BCUT2D eigenvalue weighted by molar-refractivity contribution is 0.248. The summed E-state index contributed by atoms with van der Waals surface area (Å²) in [5.74, 6) is 0. The second kappa shape index (κ2) is 3.03. The van der Waals surface area contributed by atoms with Gasteiger partial charge in [-0.1, -0.05) is 22.0 Å². The average molecular weight is 241 g/mol. The molecule has 1 aromatic carbocycles. The van der Waals surface area contributed by atoms with Gasteiger partial charge in [0.15, 0.2) is 0 Å². The molecule has 0 radical (unpaired) electrons. The van der Waals surface area contributed by atoms with Crippen molar-refractivity contribution in [3.05, 3.63) is 28.2 Å². The molecule has 13 heavy (non-hydrogen) atoms. The minimum absolute atomic E-state index is 0.0804. The highest BCUT2D eigenvalue weighted by molar-refractivity contribution is 9.10. The molecule has 1 unspecified atom stereocenters. The molecule has 2 amide bonds. The fraction of sp³-hybridized carbons (Fsp3) is 0.222. The van der Waals surface area contributed by atoms with Gasteiger partial charge in [0.2, 0.25) is 0 Å². The first-order chi connectivity index (χ1) is 6.16. The van der Waals surface area contributed by atoms with Crippen molar-refractivity contribution in [2.24, 2.45) is 0 Å². The fourth-order valence-corrected chi connectivity index (χ4v) is 1.81. The molecule has 1 aliphatic heterocycles. The Bertz CT molecular complexity index is 365. The van der Waals surface area contributed by atoms with E-state index in [-0.39, 0.29) is 12.1 Å². The van der Waals surface area contributed by atoms with E-state index in [1.807, 2.05) is 25.1 Å². The second-order valence-corrected chi connectivity index (χ2v) is 3.97. The number of fused-ring (bicyclic) bond motifs is 1. The summed E-state index contributed by atoms with van der Waals surface area (Å²) in [6.07, 6.45) is 0. The summed E-state index contributed by atoms with van der Waals surface area (Å²) in [5.41, 5.74) is 1.99. The number of urea groups is 1. The molecule has 2 rings (SSSR count). The first-order valence-corrected chi connectivity index (χ1v) is 4.83. The first kappa shape index (κ1) is 8.56. The van der Waals surface area contributed by atoms with Crippen LogP contribution >= 0.6 is 15.9 Å². The van der Waals surface area contributed by atoms with Crippen LogP contribution in [0.15, 0.2) is 22.7 Å². The van der Waals surface area contributed by atoms with E-state index < -0.39 is 0 Å². The molecule has 0 aromatic heterocycles. The van der Waals surface area contributed by atoms with Crippen LogP contribution in [0.4, 0.5) is 10.5 Å². The number of halogens is 1. The summed E-state index contributed by atoms with van der Waals surface area (Å²) in [7, 11) is 0. The second-order valence-electron chi connectivity index (χ2n) is 3.05. The summed E-state index contributed by atoms with van der Waals surface area (Å²) in [6, 6.07) is 5.81. The standard InChI is InChI=1S/C9H9BrN2O/c1-5-7-3-2-6(10)4-8(7)12-9(13)11-5/h2-5H,1H3,(H2,11,12,13). The predicted octanol–water partition coefficient (Wildman–Crippen LogP) is 2.65. The Morgan fingerprint density at radius 3 is 3.00 bits per heavy atom. The zero-order chi connectivity index (χ0) is 9.42. The summed E-state index contributed by atoms with van der Waals surface area (Å²) < 4.78 is 0.973. The number of carbonyl (C=O) groups excluding carboxylic acids is 1. The smallest absolute Gasteiger partial charge is 0.319 e. The molecular weight excluding hydrogens is 232 g/mol. The van der Waals surface area contributed by atoms with Crippen LogP contribution < -0.4 is 10.6 Å². The van der Waals surface area contributed by atoms with Crippen LogP contribution in [0.3, 0.4) is 0 Å². The highest BCUT2D eigenvalue weighted by Crippen LogP contribution is 2.29. The summed E-state index contributed by atoms with van der Waals surface area (Å²) in [5, 5.41) is 5.54. The maximum atomic E-state index is 11.1. The Kier molecular flexibility index (Phi) is 2.00. The van der Waals surface area contributed by atoms with Gasteiger partial charge in [-0.3, -0.25) is 0 Å². The van der Waals surface area contributed by atoms with Gasteiger partial charge in [-0.15, -0.1) is 0 Å². The third-order valence-corrected chi connectivity index (χ3v) is 2.57. The molecule has 1 heterocycles. The van der Waals surface area contributed by atoms with E-state index >= 15 is 0 Å². The molecule has 0 spiro atoms. The molecule has 0 saturated carbocycles. The predicted molar refractivity (Wildman–Crippen MR) is 54.7 cm³/mol. The lowest BCUT2D eigenvalue weighted by Crippen LogP contribution is -2.36. The number of nitrogens with one attached hydrogen (secondary N) is 2. The minimum atomic E-state index is -0.141. The normalized spacial score (nSPS) is 20.2. The number of rotatable bonds is 0. The lowest BCUT2D eigenvalue weighted by Gasteiger charge is -2.24. The molecule has 1 aromatic rings. The molecular formula is C9H9BrN2O. The molecule has 1 aliphatic rings. The maximum absolute atomic E-state index is 11.1. The molecule has 2 N–H and O–H groups in total. The first-order valence-electron chi connectivity index (χ1n) is 4.04. The molecule has 68 valence electrons. The van der Waals surface area contributed by atoms with Crippen LogP contribution in [0.1, 0.15) is 18.5 Å². The van der Waals surface area contributed by atoms with Gasteiger partial charge < -0.3 is 10.6 Å². The Hall–Kier alpha value is -1.03. The number of carbonyl (C=O) groups is 1. The Morgan fingerprint density at radius 2 is 2.23 bits per heavy atom. The highest BCUT2D eigenvalue weighted by atomic mass is 79.9. The average Bonchev–Trinajstić information content (AvgIpc) is 2.02. The van der Waals surface area contributed by atoms with Gasteiger partial charge in [-0.2, -0.15) is 0 Å². The van der Waals surface area contributed by atoms with Crippen LogP contribution in [-0.2, 0) is 0 Å². The number of anilines is 1. The molecule has 3 nitrogen and oxygen atoms in total. The largest absolute Gasteiger partial charge is 0.331 e. The van der Waals surface area contributed by atoms with Crippen LogP contribution in [0.2, 0.25) is 0 Å². The molecule has 0 bridgehead atoms. The van der Waals surface area contributed by atoms with Gasteiger partial charge in [0, 0.05) is 10.2 Å². The zero-order valence-corrected chi connectivity index (χ0v) is 8.68. The monoisotopic (exact) mass is 240 g/mol. The summed E-state index contributed by atoms with van der Waals surface area (Å²) in [4.78, 5) is 11.1. The van der Waals surface area contributed by atoms with E-state index in [0.717, 1.165) is 15.7 Å². The third kappa shape index (κ3) is 1.54. The van der Waals surface area contributed by atoms with Gasteiger partial charge in [0.05, 0.1) is 6.04 Å². The third-order valence-electron chi connectivity index (χ3n) is 2.08. The number of amides is 2. The Morgan fingerprint density at radius 1 is 1.46 bits per heavy atom. The fourth-order valence-electron chi connectivity index (χ4n) is 1.45. The van der Waals surface area contributed by atoms with E-state index in [0.29, 0.717) is 0 Å². The van der Waals surface area contributed by atoms with Crippen molar-refractivity contribution in [3.8, 4) is 0 Å². The molecule has 4 heteroatoms. The van der Waals surface area contributed by atoms with Gasteiger partial charge in [0.1, 0.15) is 0 Å². The summed E-state index contributed by atoms with van der Waals surface area (Å²) in [6.45, 7) is 1.96. The van der Waals surface area contributed by atoms with Crippen molar-refractivity contribution in [3.63, 3.8) is 0 Å². The quantitative estimate of drug-likeness (QED) is 0.720. The molecule has 1 atom stereocenters. The lowest BCUT2D eigenvalue weighted by atomic mass is 10.0. The van der Waals surface area contributed by atoms with Crippen molar-refractivity contribution in [1.82, 2.24) is 5.32 Å². The van der Waals surface area contributed by atoms with Crippen molar-refractivity contribution >= 4 is 27.6 Å². The van der Waals surface area contributed by atoms with E-state index in [1.165, 1.54) is 0 Å². The van der Waals surface area contributed by atoms with Crippen molar-refractivity contribution < 1.29 is 4.79 Å². The van der Waals surface area contributed by atoms with E-state index in [1.54, 1.807) is 0 Å². The Balaban J connectivity index is 2.49. The van der Waals surface area contributed by atoms with Crippen molar-refractivity contribution in [2.75, 3.05) is 5.32 Å². The van der Waals surface area contributed by atoms with Gasteiger partial charge in [-0.05, 0) is 24.6 Å². The van der Waals surface area contributed by atoms with Crippen LogP contribution in [0.5, 0.6) is 0 Å². The Labute approximate surface area is 84.6 Å². The summed E-state index contributed by atoms with van der Waals surface area (Å²) >= 11 is 3.36. The van der Waals surface area contributed by atoms with Crippen LogP contribution in [0.25, 0.3) is 0 Å². The van der Waals surface area contributed by atoms with E-state index in [4.69, 9.17) is 0 Å². The highest BCUT2D eigenvalue weighted by Gasteiger charge is 2.19. The maximum Gasteiger partial charge on any atom is 0.319 e. The number of hydrogen-bond acceptors (Lipinski definition) is 1. The number of hydrogen-bond donors (Lipinski definition) is 2.